The highest BCUT2D eigenvalue weighted by atomic mass is 35.5. The van der Waals surface area contributed by atoms with E-state index in [0.29, 0.717) is 17.3 Å². The molecular weight excluding hydrogens is 294 g/mol. The average molecular weight is 314 g/mol. The Hall–Kier alpha value is -1.63. The molecule has 4 N–H and O–H groups in total. The predicted octanol–water partition coefficient (Wildman–Crippen LogP) is 0.913. The van der Waals surface area contributed by atoms with E-state index in [2.05, 4.69) is 10.6 Å². The van der Waals surface area contributed by atoms with Gasteiger partial charge in [-0.3, -0.25) is 9.59 Å². The van der Waals surface area contributed by atoms with Gasteiger partial charge in [-0.25, -0.2) is 0 Å². The number of ether oxygens (including phenoxy) is 1. The Bertz CT molecular complexity index is 489. The molecule has 1 aromatic rings. The molecule has 1 saturated carbocycles. The van der Waals surface area contributed by atoms with Gasteiger partial charge < -0.3 is 21.1 Å². The summed E-state index contributed by atoms with van der Waals surface area (Å²) in [6.07, 6.45) is 2.11. The van der Waals surface area contributed by atoms with Crippen LogP contribution in [0.25, 0.3) is 0 Å². The Labute approximate surface area is 129 Å². The van der Waals surface area contributed by atoms with Gasteiger partial charge in [0, 0.05) is 24.4 Å². The second kappa shape index (κ2) is 7.97. The maximum Gasteiger partial charge on any atom is 0.251 e. The van der Waals surface area contributed by atoms with Crippen LogP contribution in [-0.2, 0) is 9.53 Å². The first kappa shape index (κ1) is 17.4. The van der Waals surface area contributed by atoms with Crippen molar-refractivity contribution in [1.82, 2.24) is 5.32 Å². The Morgan fingerprint density at radius 3 is 2.48 bits per heavy atom. The normalized spacial score (nSPS) is 14.8. The molecule has 7 heteroatoms. The summed E-state index contributed by atoms with van der Waals surface area (Å²) in [5, 5.41) is 5.57. The first-order valence-corrected chi connectivity index (χ1v) is 6.56. The topological polar surface area (TPSA) is 93.4 Å². The first-order chi connectivity index (χ1) is 9.60. The van der Waals surface area contributed by atoms with Crippen LogP contribution in [0, 0.1) is 0 Å². The Kier molecular flexibility index (Phi) is 6.61. The molecule has 1 fully saturated rings. The largest absolute Gasteiger partial charge is 0.383 e. The molecule has 2 amide bonds. The van der Waals surface area contributed by atoms with Crippen molar-refractivity contribution in [1.29, 1.82) is 0 Å². The highest BCUT2D eigenvalue weighted by Crippen LogP contribution is 2.19. The maximum atomic E-state index is 11.8. The molecule has 1 unspecified atom stereocenters. The van der Waals surface area contributed by atoms with Crippen LogP contribution in [0.4, 0.5) is 5.69 Å². The summed E-state index contributed by atoms with van der Waals surface area (Å²) in [5.41, 5.74) is 6.80. The molecule has 6 nitrogen and oxygen atoms in total. The number of methoxy groups -OCH3 is 1. The van der Waals surface area contributed by atoms with E-state index in [0.717, 1.165) is 12.8 Å². The van der Waals surface area contributed by atoms with Gasteiger partial charge in [-0.2, -0.15) is 0 Å². The average Bonchev–Trinajstić information content (AvgIpc) is 3.23. The molecule has 1 aliphatic rings. The van der Waals surface area contributed by atoms with Crippen molar-refractivity contribution in [2.75, 3.05) is 19.0 Å². The Morgan fingerprint density at radius 1 is 1.33 bits per heavy atom. The van der Waals surface area contributed by atoms with Gasteiger partial charge in [-0.15, -0.1) is 12.4 Å². The van der Waals surface area contributed by atoms with Crippen LogP contribution < -0.4 is 16.4 Å². The van der Waals surface area contributed by atoms with Gasteiger partial charge in [-0.1, -0.05) is 0 Å². The summed E-state index contributed by atoms with van der Waals surface area (Å²) in [6.45, 7) is 0.160. The summed E-state index contributed by atoms with van der Waals surface area (Å²) in [5.74, 6) is -0.400. The molecule has 0 saturated heterocycles. The number of rotatable bonds is 6. The lowest BCUT2D eigenvalue weighted by atomic mass is 10.2. The number of benzene rings is 1. The Morgan fingerprint density at radius 2 is 1.95 bits per heavy atom. The van der Waals surface area contributed by atoms with E-state index in [1.165, 1.54) is 7.11 Å². The smallest absolute Gasteiger partial charge is 0.251 e. The molecule has 116 valence electrons. The second-order valence-electron chi connectivity index (χ2n) is 4.88. The number of amides is 2. The summed E-state index contributed by atoms with van der Waals surface area (Å²) in [4.78, 5) is 23.5. The number of carbonyl (C=O) groups is 2. The minimum Gasteiger partial charge on any atom is -0.383 e. The molecular formula is C14H20ClN3O3. The molecule has 0 heterocycles. The monoisotopic (exact) mass is 313 g/mol. The van der Waals surface area contributed by atoms with E-state index in [9.17, 15) is 9.59 Å². The summed E-state index contributed by atoms with van der Waals surface area (Å²) < 4.78 is 4.82. The fourth-order valence-corrected chi connectivity index (χ4v) is 1.69. The molecule has 21 heavy (non-hydrogen) atoms. The Balaban J connectivity index is 0.00000220. The van der Waals surface area contributed by atoms with Gasteiger partial charge in [0.05, 0.1) is 6.61 Å². The first-order valence-electron chi connectivity index (χ1n) is 6.56. The van der Waals surface area contributed by atoms with Gasteiger partial charge in [-0.05, 0) is 37.1 Å². The minimum atomic E-state index is -0.710. The fourth-order valence-electron chi connectivity index (χ4n) is 1.69. The zero-order valence-electron chi connectivity index (χ0n) is 11.8. The van der Waals surface area contributed by atoms with E-state index in [1.807, 2.05) is 0 Å². The molecule has 0 bridgehead atoms. The van der Waals surface area contributed by atoms with Crippen molar-refractivity contribution >= 4 is 29.9 Å². The van der Waals surface area contributed by atoms with Crippen molar-refractivity contribution in [3.05, 3.63) is 29.8 Å². The quantitative estimate of drug-likeness (QED) is 0.728. The molecule has 1 atom stereocenters. The molecule has 0 aromatic heterocycles. The van der Waals surface area contributed by atoms with Gasteiger partial charge in [0.25, 0.3) is 5.91 Å². The van der Waals surface area contributed by atoms with E-state index in [-0.39, 0.29) is 30.8 Å². The molecule has 2 rings (SSSR count). The van der Waals surface area contributed by atoms with Gasteiger partial charge in [0.2, 0.25) is 5.91 Å². The molecule has 1 aliphatic carbocycles. The third kappa shape index (κ3) is 5.34. The number of hydrogen-bond donors (Lipinski definition) is 3. The van der Waals surface area contributed by atoms with E-state index < -0.39 is 6.04 Å². The van der Waals surface area contributed by atoms with Crippen LogP contribution in [0.1, 0.15) is 23.2 Å². The van der Waals surface area contributed by atoms with Crippen LogP contribution in [0.2, 0.25) is 0 Å². The second-order valence-corrected chi connectivity index (χ2v) is 4.88. The van der Waals surface area contributed by atoms with Crippen molar-refractivity contribution in [2.45, 2.75) is 24.9 Å². The number of hydrogen-bond acceptors (Lipinski definition) is 4. The van der Waals surface area contributed by atoms with E-state index in [4.69, 9.17) is 10.5 Å². The number of anilines is 1. The lowest BCUT2D eigenvalue weighted by Gasteiger charge is -2.11. The highest BCUT2D eigenvalue weighted by Gasteiger charge is 2.23. The number of nitrogens with two attached hydrogens (primary N) is 1. The van der Waals surface area contributed by atoms with Crippen molar-refractivity contribution in [3.63, 3.8) is 0 Å². The summed E-state index contributed by atoms with van der Waals surface area (Å²) in [7, 11) is 1.49. The zero-order chi connectivity index (χ0) is 14.5. The standard InChI is InChI=1S/C14H19N3O3.ClH/c1-20-8-12(15)14(19)17-10-4-2-9(3-5-10)13(18)16-11-6-7-11;/h2-5,11-12H,6-8,15H2,1H3,(H,16,18)(H,17,19);1H. The fraction of sp³-hybridized carbons (Fsp3) is 0.429. The molecule has 0 radical (unpaired) electrons. The van der Waals surface area contributed by atoms with Gasteiger partial charge in [0.1, 0.15) is 6.04 Å². The summed E-state index contributed by atoms with van der Waals surface area (Å²) >= 11 is 0. The van der Waals surface area contributed by atoms with Gasteiger partial charge in [0.15, 0.2) is 0 Å². The number of carbonyl (C=O) groups excluding carboxylic acids is 2. The molecule has 0 aliphatic heterocycles. The van der Waals surface area contributed by atoms with Crippen LogP contribution in [0.3, 0.4) is 0 Å². The van der Waals surface area contributed by atoms with Crippen molar-refractivity contribution in [3.8, 4) is 0 Å². The van der Waals surface area contributed by atoms with E-state index >= 15 is 0 Å². The third-order valence-electron chi connectivity index (χ3n) is 3.01. The highest BCUT2D eigenvalue weighted by molar-refractivity contribution is 5.97. The van der Waals surface area contributed by atoms with Crippen molar-refractivity contribution in [2.24, 2.45) is 5.73 Å². The molecule has 1 aromatic carbocycles. The lowest BCUT2D eigenvalue weighted by molar-refractivity contribution is -0.118. The maximum absolute atomic E-state index is 11.8. The predicted molar refractivity (Wildman–Crippen MR) is 82.7 cm³/mol. The van der Waals surface area contributed by atoms with Crippen LogP contribution >= 0.6 is 12.4 Å². The van der Waals surface area contributed by atoms with Crippen LogP contribution in [0.15, 0.2) is 24.3 Å². The van der Waals surface area contributed by atoms with Crippen LogP contribution in [-0.4, -0.2) is 37.6 Å². The third-order valence-corrected chi connectivity index (χ3v) is 3.01. The number of nitrogens with one attached hydrogen (secondary N) is 2. The zero-order valence-corrected chi connectivity index (χ0v) is 12.6. The van der Waals surface area contributed by atoms with Gasteiger partial charge >= 0.3 is 0 Å². The molecule has 0 spiro atoms. The van der Waals surface area contributed by atoms with E-state index in [1.54, 1.807) is 24.3 Å². The lowest BCUT2D eigenvalue weighted by Crippen LogP contribution is -2.39. The van der Waals surface area contributed by atoms with Crippen LogP contribution in [0.5, 0.6) is 0 Å². The van der Waals surface area contributed by atoms with Crippen molar-refractivity contribution < 1.29 is 14.3 Å². The summed E-state index contributed by atoms with van der Waals surface area (Å²) in [6, 6.07) is 6.33. The number of halogens is 1. The minimum absolute atomic E-state index is 0. The SMILES string of the molecule is COCC(N)C(=O)Nc1ccc(C(=O)NC2CC2)cc1.Cl.